The molecule has 0 spiro atoms. The van der Waals surface area contributed by atoms with Gasteiger partial charge in [0.15, 0.2) is 5.78 Å². The molecule has 3 aromatic carbocycles. The molecule has 0 bridgehead atoms. The van der Waals surface area contributed by atoms with E-state index in [0.29, 0.717) is 17.9 Å². The lowest BCUT2D eigenvalue weighted by Gasteiger charge is -2.30. The van der Waals surface area contributed by atoms with Crippen molar-refractivity contribution in [3.63, 3.8) is 0 Å². The van der Waals surface area contributed by atoms with Crippen LogP contribution in [0.3, 0.4) is 0 Å². The Morgan fingerprint density at radius 3 is 2.55 bits per heavy atom. The van der Waals surface area contributed by atoms with E-state index in [2.05, 4.69) is 45.0 Å². The second-order valence-corrected chi connectivity index (χ2v) is 11.9. The topological polar surface area (TPSA) is 91.8 Å². The van der Waals surface area contributed by atoms with E-state index in [0.717, 1.165) is 70.1 Å². The number of aromatic nitrogens is 3. The molecule has 5 aromatic rings. The summed E-state index contributed by atoms with van der Waals surface area (Å²) < 4.78 is 1.84. The number of nitrogens with one attached hydrogen (secondary N) is 3. The van der Waals surface area contributed by atoms with Crippen LogP contribution in [0.1, 0.15) is 57.2 Å². The maximum atomic E-state index is 13.7. The summed E-state index contributed by atoms with van der Waals surface area (Å²) in [6.07, 6.45) is 7.19. The molecule has 0 aliphatic carbocycles. The van der Waals surface area contributed by atoms with Gasteiger partial charge in [-0.25, -0.2) is 4.68 Å². The van der Waals surface area contributed by atoms with Crippen LogP contribution in [0.2, 0.25) is 0 Å². The highest BCUT2D eigenvalue weighted by molar-refractivity contribution is 6.35. The van der Waals surface area contributed by atoms with Crippen molar-refractivity contribution in [1.82, 2.24) is 20.1 Å². The van der Waals surface area contributed by atoms with E-state index in [4.69, 9.17) is 0 Å². The number of benzene rings is 3. The number of hydrogen-bond donors (Lipinski definition) is 3. The molecular weight excluding hydrogens is 546 g/mol. The van der Waals surface area contributed by atoms with Gasteiger partial charge in [-0.2, -0.15) is 5.10 Å². The molecule has 1 amide bonds. The fourth-order valence-corrected chi connectivity index (χ4v) is 6.72. The molecule has 0 radical (unpaired) electrons. The SMILES string of the molecule is Cc1[nH]c(/C=C2\C(=O)Nc3ccc(-c4cnn(-c5ccccc5)c4)cc32)c(C)c1C(=O)CC1CNCC(c2ccccc2)C1. The first-order chi connectivity index (χ1) is 21.4. The Labute approximate surface area is 257 Å². The molecule has 2 atom stereocenters. The van der Waals surface area contributed by atoms with Gasteiger partial charge in [0.05, 0.1) is 17.5 Å². The molecule has 1 saturated heterocycles. The quantitative estimate of drug-likeness (QED) is 0.143. The maximum Gasteiger partial charge on any atom is 0.256 e. The minimum Gasteiger partial charge on any atom is -0.358 e. The molecule has 44 heavy (non-hydrogen) atoms. The van der Waals surface area contributed by atoms with Gasteiger partial charge in [-0.05, 0) is 85.7 Å². The van der Waals surface area contributed by atoms with Crippen LogP contribution >= 0.6 is 0 Å². The normalized spacial score (nSPS) is 18.8. The number of fused-ring (bicyclic) bond motifs is 1. The standard InChI is InChI=1S/C37H35N5O2/c1-23-34(40-24(2)36(23)35(43)16-25-15-28(20-38-19-25)26-9-5-3-6-10-26)18-32-31-17-27(13-14-33(31)41-37(32)44)29-21-39-42(22-29)30-11-7-4-8-12-30/h3-14,17-18,21-22,25,28,38,40H,15-16,19-20H2,1-2H3,(H,41,44)/b32-18-. The number of aromatic amines is 1. The molecule has 2 unspecified atom stereocenters. The van der Waals surface area contributed by atoms with Crippen molar-refractivity contribution in [2.75, 3.05) is 18.4 Å². The van der Waals surface area contributed by atoms with Gasteiger partial charge in [0, 0.05) is 52.9 Å². The van der Waals surface area contributed by atoms with E-state index in [-0.39, 0.29) is 17.6 Å². The molecule has 0 saturated carbocycles. The molecule has 7 nitrogen and oxygen atoms in total. The van der Waals surface area contributed by atoms with E-state index in [9.17, 15) is 9.59 Å². The predicted octanol–water partition coefficient (Wildman–Crippen LogP) is 6.94. The Morgan fingerprint density at radius 1 is 0.977 bits per heavy atom. The fraction of sp³-hybridized carbons (Fsp3) is 0.216. The molecule has 2 aromatic heterocycles. The van der Waals surface area contributed by atoms with E-state index < -0.39 is 0 Å². The van der Waals surface area contributed by atoms with Gasteiger partial charge in [0.1, 0.15) is 0 Å². The van der Waals surface area contributed by atoms with E-state index in [1.807, 2.05) is 91.6 Å². The Bertz CT molecular complexity index is 1880. The third kappa shape index (κ3) is 5.31. The number of H-pyrrole nitrogens is 1. The summed E-state index contributed by atoms with van der Waals surface area (Å²) >= 11 is 0. The lowest BCUT2D eigenvalue weighted by atomic mass is 9.82. The minimum absolute atomic E-state index is 0.149. The highest BCUT2D eigenvalue weighted by atomic mass is 16.2. The third-order valence-electron chi connectivity index (χ3n) is 8.97. The minimum atomic E-state index is -0.156. The monoisotopic (exact) mass is 581 g/mol. The van der Waals surface area contributed by atoms with E-state index >= 15 is 0 Å². The fourth-order valence-electron chi connectivity index (χ4n) is 6.72. The number of ketones is 1. The predicted molar refractivity (Wildman–Crippen MR) is 175 cm³/mol. The van der Waals surface area contributed by atoms with Gasteiger partial charge in [-0.3, -0.25) is 9.59 Å². The van der Waals surface area contributed by atoms with Gasteiger partial charge >= 0.3 is 0 Å². The number of carbonyl (C=O) groups excluding carboxylic acids is 2. The van der Waals surface area contributed by atoms with Gasteiger partial charge in [-0.15, -0.1) is 0 Å². The summed E-state index contributed by atoms with van der Waals surface area (Å²) in [4.78, 5) is 30.2. The van der Waals surface area contributed by atoms with Gasteiger partial charge in [0.2, 0.25) is 0 Å². The number of hydrogen-bond acceptors (Lipinski definition) is 4. The van der Waals surface area contributed by atoms with Crippen LogP contribution in [-0.4, -0.2) is 39.5 Å². The number of Topliss-reactive ketones (excluding diaryl/α,β-unsaturated/α-hetero) is 1. The number of para-hydroxylation sites is 1. The van der Waals surface area contributed by atoms with Crippen LogP contribution in [0.25, 0.3) is 28.5 Å². The molecule has 1 fully saturated rings. The van der Waals surface area contributed by atoms with E-state index in [1.165, 1.54) is 5.56 Å². The second-order valence-electron chi connectivity index (χ2n) is 11.9. The van der Waals surface area contributed by atoms with Gasteiger partial charge in [-0.1, -0.05) is 54.6 Å². The van der Waals surface area contributed by atoms with Crippen molar-refractivity contribution in [3.8, 4) is 16.8 Å². The molecule has 220 valence electrons. The second kappa shape index (κ2) is 11.6. The lowest BCUT2D eigenvalue weighted by molar-refractivity contribution is -0.110. The molecule has 2 aliphatic heterocycles. The van der Waals surface area contributed by atoms with Crippen molar-refractivity contribution in [2.45, 2.75) is 32.6 Å². The van der Waals surface area contributed by atoms with E-state index in [1.54, 1.807) is 0 Å². The first-order valence-electron chi connectivity index (χ1n) is 15.2. The summed E-state index contributed by atoms with van der Waals surface area (Å²) in [6.45, 7) is 5.70. The largest absolute Gasteiger partial charge is 0.358 e. The molecule has 7 heteroatoms. The third-order valence-corrected chi connectivity index (χ3v) is 8.97. The first kappa shape index (κ1) is 27.8. The Hall–Kier alpha value is -5.01. The number of carbonyl (C=O) groups is 2. The molecular formula is C37H35N5O2. The zero-order chi connectivity index (χ0) is 30.2. The number of rotatable bonds is 7. The van der Waals surface area contributed by atoms with Gasteiger partial charge < -0.3 is 15.6 Å². The van der Waals surface area contributed by atoms with Crippen LogP contribution in [0.15, 0.2) is 91.3 Å². The smallest absolute Gasteiger partial charge is 0.256 e. The average Bonchev–Trinajstić information content (AvgIpc) is 3.74. The Morgan fingerprint density at radius 2 is 1.75 bits per heavy atom. The molecule has 4 heterocycles. The summed E-state index contributed by atoms with van der Waals surface area (Å²) in [6, 6.07) is 26.5. The van der Waals surface area contributed by atoms with Crippen LogP contribution in [-0.2, 0) is 4.79 Å². The number of nitrogens with zero attached hydrogens (tertiary/aromatic N) is 2. The number of amides is 1. The van der Waals surface area contributed by atoms with Crippen LogP contribution in [0.5, 0.6) is 0 Å². The average molecular weight is 582 g/mol. The summed E-state index contributed by atoms with van der Waals surface area (Å²) in [5, 5.41) is 11.1. The highest BCUT2D eigenvalue weighted by Gasteiger charge is 2.29. The summed E-state index contributed by atoms with van der Waals surface area (Å²) in [7, 11) is 0. The summed E-state index contributed by atoms with van der Waals surface area (Å²) in [5.41, 5.74) is 9.65. The zero-order valence-corrected chi connectivity index (χ0v) is 24.9. The molecule has 3 N–H and O–H groups in total. The molecule has 7 rings (SSSR count). The number of piperidine rings is 1. The van der Waals surface area contributed by atoms with Crippen molar-refractivity contribution in [2.24, 2.45) is 5.92 Å². The van der Waals surface area contributed by atoms with Gasteiger partial charge in [0.25, 0.3) is 5.91 Å². The first-order valence-corrected chi connectivity index (χ1v) is 15.2. The lowest BCUT2D eigenvalue weighted by Crippen LogP contribution is -2.36. The Kier molecular flexibility index (Phi) is 7.32. The zero-order valence-electron chi connectivity index (χ0n) is 24.9. The van der Waals surface area contributed by atoms with Crippen LogP contribution in [0, 0.1) is 19.8 Å². The Balaban J connectivity index is 1.13. The van der Waals surface area contributed by atoms with Crippen LogP contribution in [0.4, 0.5) is 5.69 Å². The molecule has 2 aliphatic rings. The maximum absolute atomic E-state index is 13.7. The van der Waals surface area contributed by atoms with Crippen LogP contribution < -0.4 is 10.6 Å². The number of anilines is 1. The van der Waals surface area contributed by atoms with Crippen molar-refractivity contribution >= 4 is 29.0 Å². The highest BCUT2D eigenvalue weighted by Crippen LogP contribution is 2.37. The summed E-state index contributed by atoms with van der Waals surface area (Å²) in [5.74, 6) is 0.677. The van der Waals surface area contributed by atoms with Crippen molar-refractivity contribution in [3.05, 3.63) is 125 Å². The van der Waals surface area contributed by atoms with Crippen molar-refractivity contribution in [1.29, 1.82) is 0 Å². The number of aryl methyl sites for hydroxylation is 1. The van der Waals surface area contributed by atoms with Crippen molar-refractivity contribution < 1.29 is 9.59 Å².